The molecule has 1 amide bonds. The molecular weight excluding hydrogens is 273 g/mol. The van der Waals surface area contributed by atoms with Crippen LogP contribution < -0.4 is 14.8 Å². The minimum atomic E-state index is -0.475. The van der Waals surface area contributed by atoms with E-state index in [9.17, 15) is 9.18 Å². The summed E-state index contributed by atoms with van der Waals surface area (Å²) in [6.07, 6.45) is 2.60. The molecule has 0 radical (unpaired) electrons. The quantitative estimate of drug-likeness (QED) is 0.818. The number of methoxy groups -OCH3 is 2. The van der Waals surface area contributed by atoms with Gasteiger partial charge in [-0.15, -0.1) is 0 Å². The van der Waals surface area contributed by atoms with Crippen LogP contribution in [0.15, 0.2) is 23.8 Å². The Balaban J connectivity index is 3.00. The summed E-state index contributed by atoms with van der Waals surface area (Å²) in [5, 5.41) is 2.77. The number of allylic oxidation sites excluding steroid dienone is 1. The molecule has 1 aromatic carbocycles. The number of carbonyl (C=O) groups is 1. The molecule has 0 saturated carbocycles. The molecule has 0 bridgehead atoms. The van der Waals surface area contributed by atoms with Gasteiger partial charge in [-0.25, -0.2) is 4.39 Å². The Kier molecular flexibility index (Phi) is 6.21. The first-order chi connectivity index (χ1) is 9.94. The zero-order valence-corrected chi connectivity index (χ0v) is 13.1. The molecule has 1 N–H and O–H groups in total. The predicted octanol–water partition coefficient (Wildman–Crippen LogP) is 3.38. The van der Waals surface area contributed by atoms with E-state index in [0.29, 0.717) is 22.6 Å². The molecule has 0 saturated heterocycles. The van der Waals surface area contributed by atoms with Gasteiger partial charge in [-0.3, -0.25) is 4.79 Å². The lowest BCUT2D eigenvalue weighted by atomic mass is 10.1. The number of hydrogen-bond acceptors (Lipinski definition) is 3. The number of benzene rings is 1. The van der Waals surface area contributed by atoms with Crippen LogP contribution >= 0.6 is 0 Å². The molecule has 116 valence electrons. The van der Waals surface area contributed by atoms with Crippen LogP contribution in [0.4, 0.5) is 4.39 Å². The zero-order valence-electron chi connectivity index (χ0n) is 13.1. The zero-order chi connectivity index (χ0) is 16.0. The van der Waals surface area contributed by atoms with Crippen molar-refractivity contribution in [1.29, 1.82) is 0 Å². The van der Waals surface area contributed by atoms with E-state index < -0.39 is 11.9 Å². The predicted molar refractivity (Wildman–Crippen MR) is 80.1 cm³/mol. The van der Waals surface area contributed by atoms with Crippen LogP contribution in [-0.2, 0) is 4.79 Å². The van der Waals surface area contributed by atoms with E-state index in [4.69, 9.17) is 9.47 Å². The second kappa shape index (κ2) is 7.67. The van der Waals surface area contributed by atoms with Gasteiger partial charge >= 0.3 is 0 Å². The van der Waals surface area contributed by atoms with Crippen LogP contribution in [0.25, 0.3) is 0 Å². The van der Waals surface area contributed by atoms with Crippen molar-refractivity contribution in [2.45, 2.75) is 33.2 Å². The van der Waals surface area contributed by atoms with Gasteiger partial charge in [0.1, 0.15) is 5.82 Å². The lowest BCUT2D eigenvalue weighted by molar-refractivity contribution is -0.118. The summed E-state index contributed by atoms with van der Waals surface area (Å²) in [7, 11) is 2.93. The summed E-state index contributed by atoms with van der Waals surface area (Å²) in [4.78, 5) is 11.9. The van der Waals surface area contributed by atoms with Crippen LogP contribution in [0.3, 0.4) is 0 Å². The molecule has 4 nitrogen and oxygen atoms in total. The van der Waals surface area contributed by atoms with Crippen molar-refractivity contribution in [3.05, 3.63) is 35.2 Å². The fourth-order valence-electron chi connectivity index (χ4n) is 1.99. The monoisotopic (exact) mass is 295 g/mol. The normalized spacial score (nSPS) is 12.8. The van der Waals surface area contributed by atoms with E-state index in [1.165, 1.54) is 26.4 Å². The summed E-state index contributed by atoms with van der Waals surface area (Å²) >= 11 is 0. The molecule has 1 rings (SSSR count). The Labute approximate surface area is 124 Å². The first kappa shape index (κ1) is 17.0. The summed E-state index contributed by atoms with van der Waals surface area (Å²) in [6.45, 7) is 5.41. The van der Waals surface area contributed by atoms with Crippen molar-refractivity contribution in [2.24, 2.45) is 0 Å². The van der Waals surface area contributed by atoms with Gasteiger partial charge in [0.05, 0.1) is 20.3 Å². The van der Waals surface area contributed by atoms with Gasteiger partial charge in [-0.1, -0.05) is 13.0 Å². The number of hydrogen-bond donors (Lipinski definition) is 1. The number of halogens is 1. The van der Waals surface area contributed by atoms with Crippen LogP contribution in [-0.4, -0.2) is 20.1 Å². The van der Waals surface area contributed by atoms with Crippen molar-refractivity contribution in [3.8, 4) is 11.5 Å². The van der Waals surface area contributed by atoms with Crippen molar-refractivity contribution >= 4 is 5.91 Å². The van der Waals surface area contributed by atoms with Crippen LogP contribution in [0.2, 0.25) is 0 Å². The lowest BCUT2D eigenvalue weighted by Gasteiger charge is -2.17. The SMILES string of the molecule is CC/C=C(/C)C(=O)N[C@@H](C)c1cc(OC)c(OC)cc1F. The Morgan fingerprint density at radius 1 is 1.33 bits per heavy atom. The second-order valence-electron chi connectivity index (χ2n) is 4.72. The van der Waals surface area contributed by atoms with Gasteiger partial charge in [0.15, 0.2) is 11.5 Å². The summed E-state index contributed by atoms with van der Waals surface area (Å²) in [6, 6.07) is 2.32. The highest BCUT2D eigenvalue weighted by molar-refractivity contribution is 5.93. The molecule has 5 heteroatoms. The fraction of sp³-hybridized carbons (Fsp3) is 0.438. The molecule has 0 heterocycles. The number of nitrogens with one attached hydrogen (secondary N) is 1. The van der Waals surface area contributed by atoms with Gasteiger partial charge in [0.2, 0.25) is 5.91 Å². The maximum Gasteiger partial charge on any atom is 0.247 e. The van der Waals surface area contributed by atoms with Crippen molar-refractivity contribution in [1.82, 2.24) is 5.32 Å². The fourth-order valence-corrected chi connectivity index (χ4v) is 1.99. The van der Waals surface area contributed by atoms with E-state index in [1.54, 1.807) is 13.8 Å². The summed E-state index contributed by atoms with van der Waals surface area (Å²) < 4.78 is 24.3. The molecule has 1 atom stereocenters. The molecule has 0 aliphatic rings. The second-order valence-corrected chi connectivity index (χ2v) is 4.72. The third-order valence-corrected chi connectivity index (χ3v) is 3.19. The molecular formula is C16H22FNO3. The van der Waals surface area contributed by atoms with E-state index >= 15 is 0 Å². The average molecular weight is 295 g/mol. The van der Waals surface area contributed by atoms with Gasteiger partial charge in [0.25, 0.3) is 0 Å². The number of carbonyl (C=O) groups excluding carboxylic acids is 1. The van der Waals surface area contributed by atoms with Crippen LogP contribution in [0, 0.1) is 5.82 Å². The third kappa shape index (κ3) is 4.21. The van der Waals surface area contributed by atoms with Crippen molar-refractivity contribution < 1.29 is 18.7 Å². The topological polar surface area (TPSA) is 47.6 Å². The highest BCUT2D eigenvalue weighted by Gasteiger charge is 2.18. The molecule has 0 fully saturated rings. The molecule has 0 aliphatic carbocycles. The molecule has 1 aromatic rings. The molecule has 0 aliphatic heterocycles. The first-order valence-corrected chi connectivity index (χ1v) is 6.83. The average Bonchev–Trinajstić information content (AvgIpc) is 2.46. The number of ether oxygens (including phenoxy) is 2. The molecule has 21 heavy (non-hydrogen) atoms. The minimum Gasteiger partial charge on any atom is -0.493 e. The van der Waals surface area contributed by atoms with Gasteiger partial charge in [-0.05, 0) is 26.3 Å². The van der Waals surface area contributed by atoms with Crippen LogP contribution in [0.5, 0.6) is 11.5 Å². The lowest BCUT2D eigenvalue weighted by Crippen LogP contribution is -2.27. The summed E-state index contributed by atoms with van der Waals surface area (Å²) in [5.74, 6) is 0.0891. The van der Waals surface area contributed by atoms with Crippen molar-refractivity contribution in [2.75, 3.05) is 14.2 Å². The largest absolute Gasteiger partial charge is 0.493 e. The van der Waals surface area contributed by atoms with Gasteiger partial charge in [-0.2, -0.15) is 0 Å². The summed E-state index contributed by atoms with van der Waals surface area (Å²) in [5.41, 5.74) is 0.968. The Hall–Kier alpha value is -2.04. The third-order valence-electron chi connectivity index (χ3n) is 3.19. The highest BCUT2D eigenvalue weighted by atomic mass is 19.1. The van der Waals surface area contributed by atoms with Gasteiger partial charge < -0.3 is 14.8 Å². The highest BCUT2D eigenvalue weighted by Crippen LogP contribution is 2.32. The minimum absolute atomic E-state index is 0.210. The van der Waals surface area contributed by atoms with E-state index in [2.05, 4.69) is 5.32 Å². The Morgan fingerprint density at radius 3 is 2.43 bits per heavy atom. The van der Waals surface area contributed by atoms with E-state index in [0.717, 1.165) is 6.42 Å². The van der Waals surface area contributed by atoms with E-state index in [-0.39, 0.29) is 5.91 Å². The smallest absolute Gasteiger partial charge is 0.247 e. The maximum atomic E-state index is 14.1. The number of amides is 1. The van der Waals surface area contributed by atoms with Crippen LogP contribution in [0.1, 0.15) is 38.8 Å². The first-order valence-electron chi connectivity index (χ1n) is 6.83. The number of rotatable bonds is 6. The van der Waals surface area contributed by atoms with E-state index in [1.807, 2.05) is 13.0 Å². The Bertz CT molecular complexity index is 541. The molecule has 0 unspecified atom stereocenters. The molecule has 0 spiro atoms. The molecule has 0 aromatic heterocycles. The van der Waals surface area contributed by atoms with Gasteiger partial charge in [0, 0.05) is 17.2 Å². The van der Waals surface area contributed by atoms with Crippen molar-refractivity contribution in [3.63, 3.8) is 0 Å². The maximum absolute atomic E-state index is 14.1. The standard InChI is InChI=1S/C16H22FNO3/c1-6-7-10(2)16(19)18-11(3)12-8-14(20-4)15(21-5)9-13(12)17/h7-9,11H,6H2,1-5H3,(H,18,19)/b10-7-/t11-/m0/s1. The Morgan fingerprint density at radius 2 is 1.90 bits per heavy atom.